The lowest BCUT2D eigenvalue weighted by Crippen LogP contribution is -2.50. The van der Waals surface area contributed by atoms with Gasteiger partial charge in [0, 0.05) is 50.7 Å². The van der Waals surface area contributed by atoms with Crippen LogP contribution in [0.15, 0.2) is 18.2 Å². The summed E-state index contributed by atoms with van der Waals surface area (Å²) in [6.45, 7) is 6.81. The average molecular weight is 394 g/mol. The minimum Gasteiger partial charge on any atom is -0.379 e. The molecule has 1 saturated heterocycles. The van der Waals surface area contributed by atoms with E-state index in [1.807, 2.05) is 25.2 Å². The van der Waals surface area contributed by atoms with E-state index in [0.717, 1.165) is 49.6 Å². The molecule has 1 aromatic carbocycles. The summed E-state index contributed by atoms with van der Waals surface area (Å²) in [5.74, 6) is 0.853. The third-order valence-corrected chi connectivity index (χ3v) is 5.28. The Bertz CT molecular complexity index is 760. The number of aromatic amines is 1. The fourth-order valence-electron chi connectivity index (χ4n) is 3.34. The fraction of sp³-hybridized carbons (Fsp3) is 0.579. The Labute approximate surface area is 165 Å². The molecule has 2 aromatic rings. The van der Waals surface area contributed by atoms with Gasteiger partial charge in [0.25, 0.3) is 0 Å². The summed E-state index contributed by atoms with van der Waals surface area (Å²) in [5, 5.41) is 3.74. The number of likely N-dealkylation sites (N-methyl/N-ethyl adjacent to an activating group) is 1. The topological polar surface area (TPSA) is 73.5 Å². The van der Waals surface area contributed by atoms with Gasteiger partial charge in [0.2, 0.25) is 0 Å². The second-order valence-electron chi connectivity index (χ2n) is 6.91. The predicted molar refractivity (Wildman–Crippen MR) is 107 cm³/mol. The summed E-state index contributed by atoms with van der Waals surface area (Å²) in [6, 6.07) is 5.88. The van der Waals surface area contributed by atoms with Crippen LogP contribution in [0.3, 0.4) is 0 Å². The van der Waals surface area contributed by atoms with Gasteiger partial charge >= 0.3 is 6.03 Å². The van der Waals surface area contributed by atoms with Crippen LogP contribution in [0.5, 0.6) is 0 Å². The van der Waals surface area contributed by atoms with Gasteiger partial charge in [0.1, 0.15) is 5.82 Å². The van der Waals surface area contributed by atoms with E-state index in [9.17, 15) is 4.79 Å². The molecule has 2 amide bonds. The van der Waals surface area contributed by atoms with Crippen LogP contribution in [-0.4, -0.2) is 78.3 Å². The molecule has 1 aliphatic heterocycles. The Morgan fingerprint density at radius 1 is 1.44 bits per heavy atom. The number of fused-ring (bicyclic) bond motifs is 1. The van der Waals surface area contributed by atoms with Gasteiger partial charge in [0.15, 0.2) is 0 Å². The highest BCUT2D eigenvalue weighted by Crippen LogP contribution is 2.17. The number of hydrogen-bond donors (Lipinski definition) is 2. The van der Waals surface area contributed by atoms with Crippen molar-refractivity contribution in [2.75, 3.05) is 46.4 Å². The molecule has 2 heterocycles. The summed E-state index contributed by atoms with van der Waals surface area (Å²) in [7, 11) is 1.81. The molecule has 8 heteroatoms. The fourth-order valence-corrected chi connectivity index (χ4v) is 3.51. The van der Waals surface area contributed by atoms with Crippen LogP contribution >= 0.6 is 11.6 Å². The SMILES string of the molecule is CCC(CNC(=O)N(C)CCc1nc2ccc(Cl)cc2[nH]1)N1CCOCC1. The summed E-state index contributed by atoms with van der Waals surface area (Å²) >= 11 is 6.01. The second-order valence-corrected chi connectivity index (χ2v) is 7.35. The smallest absolute Gasteiger partial charge is 0.317 e. The van der Waals surface area contributed by atoms with Gasteiger partial charge in [-0.15, -0.1) is 0 Å². The van der Waals surface area contributed by atoms with Crippen LogP contribution in [0.25, 0.3) is 11.0 Å². The van der Waals surface area contributed by atoms with E-state index in [4.69, 9.17) is 16.3 Å². The molecule has 3 rings (SSSR count). The number of amides is 2. The van der Waals surface area contributed by atoms with Crippen molar-refractivity contribution in [3.8, 4) is 0 Å². The number of benzene rings is 1. The van der Waals surface area contributed by atoms with Crippen LogP contribution in [0.2, 0.25) is 5.02 Å². The van der Waals surface area contributed by atoms with Gasteiger partial charge in [-0.3, -0.25) is 4.90 Å². The number of carbonyl (C=O) groups excluding carboxylic acids is 1. The first-order valence-corrected chi connectivity index (χ1v) is 9.89. The molecule has 148 valence electrons. The van der Waals surface area contributed by atoms with Crippen molar-refractivity contribution in [2.45, 2.75) is 25.8 Å². The number of halogens is 1. The molecular weight excluding hydrogens is 366 g/mol. The molecule has 1 atom stereocenters. The van der Waals surface area contributed by atoms with E-state index in [1.54, 1.807) is 4.90 Å². The highest BCUT2D eigenvalue weighted by molar-refractivity contribution is 6.31. The number of nitrogens with one attached hydrogen (secondary N) is 2. The minimum atomic E-state index is -0.0548. The van der Waals surface area contributed by atoms with E-state index in [2.05, 4.69) is 27.1 Å². The molecule has 0 saturated carbocycles. The Morgan fingerprint density at radius 2 is 2.22 bits per heavy atom. The number of carbonyl (C=O) groups is 1. The standard InChI is InChI=1S/C19H28ClN5O2/c1-3-15(25-8-10-27-11-9-25)13-21-19(26)24(2)7-6-18-22-16-5-4-14(20)12-17(16)23-18/h4-5,12,15H,3,6-11,13H2,1-2H3,(H,21,26)(H,22,23). The Hall–Kier alpha value is -1.83. The van der Waals surface area contributed by atoms with Gasteiger partial charge in [-0.2, -0.15) is 0 Å². The molecule has 0 spiro atoms. The number of nitrogens with zero attached hydrogens (tertiary/aromatic N) is 3. The summed E-state index contributed by atoms with van der Waals surface area (Å²) in [6.07, 6.45) is 1.67. The van der Waals surface area contributed by atoms with Crippen LogP contribution in [0.4, 0.5) is 4.79 Å². The van der Waals surface area contributed by atoms with Gasteiger partial charge in [-0.05, 0) is 24.6 Å². The number of ether oxygens (including phenoxy) is 1. The molecule has 0 radical (unpaired) electrons. The number of H-pyrrole nitrogens is 1. The lowest BCUT2D eigenvalue weighted by molar-refractivity contribution is 0.0162. The van der Waals surface area contributed by atoms with Crippen molar-refractivity contribution in [3.05, 3.63) is 29.0 Å². The van der Waals surface area contributed by atoms with Crippen LogP contribution in [0, 0.1) is 0 Å². The maximum atomic E-state index is 12.4. The van der Waals surface area contributed by atoms with E-state index in [0.29, 0.717) is 30.6 Å². The van der Waals surface area contributed by atoms with Gasteiger partial charge < -0.3 is 19.9 Å². The van der Waals surface area contributed by atoms with Crippen molar-refractivity contribution in [1.29, 1.82) is 0 Å². The number of hydrogen-bond acceptors (Lipinski definition) is 4. The van der Waals surface area contributed by atoms with Crippen LogP contribution < -0.4 is 5.32 Å². The van der Waals surface area contributed by atoms with E-state index in [-0.39, 0.29) is 6.03 Å². The van der Waals surface area contributed by atoms with Crippen molar-refractivity contribution in [2.24, 2.45) is 0 Å². The predicted octanol–water partition coefficient (Wildman–Crippen LogP) is 2.51. The Balaban J connectivity index is 1.46. The monoisotopic (exact) mass is 393 g/mol. The highest BCUT2D eigenvalue weighted by Gasteiger charge is 2.20. The first kappa shape index (κ1) is 19.9. The second kappa shape index (κ2) is 9.39. The van der Waals surface area contributed by atoms with Gasteiger partial charge in [0.05, 0.1) is 24.2 Å². The normalized spacial score (nSPS) is 16.4. The molecular formula is C19H28ClN5O2. The minimum absolute atomic E-state index is 0.0548. The third kappa shape index (κ3) is 5.34. The molecule has 27 heavy (non-hydrogen) atoms. The Morgan fingerprint density at radius 3 is 2.96 bits per heavy atom. The van der Waals surface area contributed by atoms with Crippen molar-refractivity contribution < 1.29 is 9.53 Å². The third-order valence-electron chi connectivity index (χ3n) is 5.05. The maximum absolute atomic E-state index is 12.4. The molecule has 7 nitrogen and oxygen atoms in total. The zero-order chi connectivity index (χ0) is 19.2. The van der Waals surface area contributed by atoms with Crippen molar-refractivity contribution in [1.82, 2.24) is 25.1 Å². The van der Waals surface area contributed by atoms with Crippen molar-refractivity contribution >= 4 is 28.7 Å². The molecule has 0 aliphatic carbocycles. The zero-order valence-corrected chi connectivity index (χ0v) is 16.8. The summed E-state index contributed by atoms with van der Waals surface area (Å²) in [4.78, 5) is 24.3. The Kier molecular flexibility index (Phi) is 6.93. The van der Waals surface area contributed by atoms with Crippen LogP contribution in [-0.2, 0) is 11.2 Å². The quantitative estimate of drug-likeness (QED) is 0.758. The molecule has 1 aromatic heterocycles. The average Bonchev–Trinajstić information content (AvgIpc) is 3.09. The largest absolute Gasteiger partial charge is 0.379 e. The van der Waals surface area contributed by atoms with E-state index < -0.39 is 0 Å². The highest BCUT2D eigenvalue weighted by atomic mass is 35.5. The lowest BCUT2D eigenvalue weighted by Gasteiger charge is -2.34. The number of aromatic nitrogens is 2. The zero-order valence-electron chi connectivity index (χ0n) is 16.0. The lowest BCUT2D eigenvalue weighted by atomic mass is 10.2. The first-order valence-electron chi connectivity index (χ1n) is 9.51. The maximum Gasteiger partial charge on any atom is 0.317 e. The molecule has 1 fully saturated rings. The number of rotatable bonds is 7. The molecule has 1 unspecified atom stereocenters. The summed E-state index contributed by atoms with van der Waals surface area (Å²) < 4.78 is 5.41. The summed E-state index contributed by atoms with van der Waals surface area (Å²) in [5.41, 5.74) is 1.80. The van der Waals surface area contributed by atoms with Crippen LogP contribution in [0.1, 0.15) is 19.2 Å². The van der Waals surface area contributed by atoms with Gasteiger partial charge in [-0.1, -0.05) is 18.5 Å². The van der Waals surface area contributed by atoms with Gasteiger partial charge in [-0.25, -0.2) is 9.78 Å². The number of imidazole rings is 1. The van der Waals surface area contributed by atoms with Crippen molar-refractivity contribution in [3.63, 3.8) is 0 Å². The molecule has 1 aliphatic rings. The van der Waals surface area contributed by atoms with E-state index >= 15 is 0 Å². The number of morpholine rings is 1. The molecule has 0 bridgehead atoms. The molecule has 2 N–H and O–H groups in total. The first-order chi connectivity index (χ1) is 13.1. The van der Waals surface area contributed by atoms with E-state index in [1.165, 1.54) is 0 Å². The number of urea groups is 1.